The van der Waals surface area contributed by atoms with Gasteiger partial charge in [-0.15, -0.1) is 5.10 Å². The molecule has 3 nitrogen and oxygen atoms in total. The maximum absolute atomic E-state index is 5.41. The summed E-state index contributed by atoms with van der Waals surface area (Å²) >= 11 is 0. The summed E-state index contributed by atoms with van der Waals surface area (Å²) in [5.74, 6) is 0.723. The SMILES string of the molecule is CCOc1nn(C)c2ccccc12. The van der Waals surface area contributed by atoms with Crippen molar-refractivity contribution in [2.24, 2.45) is 7.05 Å². The average Bonchev–Trinajstić information content (AvgIpc) is 2.46. The summed E-state index contributed by atoms with van der Waals surface area (Å²) in [6.07, 6.45) is 0. The molecule has 1 aromatic carbocycles. The first-order valence-electron chi connectivity index (χ1n) is 4.37. The highest BCUT2D eigenvalue weighted by Crippen LogP contribution is 2.23. The maximum Gasteiger partial charge on any atom is 0.240 e. The standard InChI is InChI=1S/C10H12N2O/c1-3-13-10-8-6-4-5-7-9(8)12(2)11-10/h4-7H,3H2,1-2H3. The first kappa shape index (κ1) is 8.10. The minimum Gasteiger partial charge on any atom is -0.476 e. The Morgan fingerprint density at radius 3 is 2.92 bits per heavy atom. The van der Waals surface area contributed by atoms with E-state index in [1.807, 2.05) is 42.9 Å². The highest BCUT2D eigenvalue weighted by molar-refractivity contribution is 5.84. The van der Waals surface area contributed by atoms with Crippen LogP contribution in [-0.4, -0.2) is 16.4 Å². The van der Waals surface area contributed by atoms with Gasteiger partial charge in [0.15, 0.2) is 0 Å². The Bertz CT molecular complexity index is 420. The fraction of sp³-hybridized carbons (Fsp3) is 0.300. The lowest BCUT2D eigenvalue weighted by molar-refractivity contribution is 0.326. The molecule has 68 valence electrons. The van der Waals surface area contributed by atoms with E-state index in [-0.39, 0.29) is 0 Å². The average molecular weight is 176 g/mol. The second-order valence-corrected chi connectivity index (χ2v) is 2.88. The quantitative estimate of drug-likeness (QED) is 0.699. The van der Waals surface area contributed by atoms with E-state index in [0.29, 0.717) is 6.61 Å². The summed E-state index contributed by atoms with van der Waals surface area (Å²) in [6, 6.07) is 8.05. The summed E-state index contributed by atoms with van der Waals surface area (Å²) in [6.45, 7) is 2.62. The lowest BCUT2D eigenvalue weighted by Gasteiger charge is -1.96. The molecule has 0 radical (unpaired) electrons. The van der Waals surface area contributed by atoms with Crippen molar-refractivity contribution in [3.63, 3.8) is 0 Å². The van der Waals surface area contributed by atoms with Crippen molar-refractivity contribution in [2.45, 2.75) is 6.92 Å². The van der Waals surface area contributed by atoms with Gasteiger partial charge in [-0.3, -0.25) is 4.68 Å². The van der Waals surface area contributed by atoms with E-state index in [4.69, 9.17) is 4.74 Å². The molecule has 0 aliphatic rings. The van der Waals surface area contributed by atoms with Crippen LogP contribution in [0.25, 0.3) is 10.9 Å². The molecule has 0 aliphatic carbocycles. The van der Waals surface area contributed by atoms with E-state index >= 15 is 0 Å². The monoisotopic (exact) mass is 176 g/mol. The van der Waals surface area contributed by atoms with Crippen LogP contribution in [0.4, 0.5) is 0 Å². The van der Waals surface area contributed by atoms with Crippen LogP contribution in [0.5, 0.6) is 5.88 Å². The molecular formula is C10H12N2O. The highest BCUT2D eigenvalue weighted by atomic mass is 16.5. The van der Waals surface area contributed by atoms with Gasteiger partial charge in [-0.1, -0.05) is 12.1 Å². The van der Waals surface area contributed by atoms with Gasteiger partial charge in [-0.2, -0.15) is 0 Å². The number of benzene rings is 1. The molecule has 0 bridgehead atoms. The maximum atomic E-state index is 5.41. The van der Waals surface area contributed by atoms with E-state index in [2.05, 4.69) is 5.10 Å². The van der Waals surface area contributed by atoms with Gasteiger partial charge in [0.1, 0.15) is 0 Å². The third-order valence-electron chi connectivity index (χ3n) is 2.00. The zero-order valence-corrected chi connectivity index (χ0v) is 7.82. The number of rotatable bonds is 2. The molecule has 2 rings (SSSR count). The van der Waals surface area contributed by atoms with Crippen molar-refractivity contribution in [1.82, 2.24) is 9.78 Å². The Labute approximate surface area is 76.9 Å². The van der Waals surface area contributed by atoms with Gasteiger partial charge >= 0.3 is 0 Å². The molecule has 0 unspecified atom stereocenters. The van der Waals surface area contributed by atoms with E-state index in [1.165, 1.54) is 0 Å². The van der Waals surface area contributed by atoms with Gasteiger partial charge in [0.2, 0.25) is 5.88 Å². The minimum absolute atomic E-state index is 0.654. The Morgan fingerprint density at radius 2 is 2.15 bits per heavy atom. The van der Waals surface area contributed by atoms with E-state index < -0.39 is 0 Å². The highest BCUT2D eigenvalue weighted by Gasteiger charge is 2.06. The Balaban J connectivity index is 2.63. The Morgan fingerprint density at radius 1 is 1.38 bits per heavy atom. The number of hydrogen-bond donors (Lipinski definition) is 0. The number of ether oxygens (including phenoxy) is 1. The number of aromatic nitrogens is 2. The third-order valence-corrected chi connectivity index (χ3v) is 2.00. The van der Waals surface area contributed by atoms with Crippen LogP contribution in [0.15, 0.2) is 24.3 Å². The third kappa shape index (κ3) is 1.26. The van der Waals surface area contributed by atoms with E-state index in [9.17, 15) is 0 Å². The van der Waals surface area contributed by atoms with Crippen LogP contribution in [0.1, 0.15) is 6.92 Å². The zero-order chi connectivity index (χ0) is 9.26. The molecular weight excluding hydrogens is 164 g/mol. The molecule has 0 aliphatic heterocycles. The predicted octanol–water partition coefficient (Wildman–Crippen LogP) is 1.97. The minimum atomic E-state index is 0.654. The topological polar surface area (TPSA) is 27.1 Å². The Hall–Kier alpha value is -1.51. The van der Waals surface area contributed by atoms with Gasteiger partial charge in [-0.05, 0) is 19.1 Å². The van der Waals surface area contributed by atoms with Gasteiger partial charge in [-0.25, -0.2) is 0 Å². The van der Waals surface area contributed by atoms with Crippen LogP contribution in [0.2, 0.25) is 0 Å². The fourth-order valence-corrected chi connectivity index (χ4v) is 1.42. The normalized spacial score (nSPS) is 10.6. The lowest BCUT2D eigenvalue weighted by atomic mass is 10.2. The molecule has 0 atom stereocenters. The van der Waals surface area contributed by atoms with Crippen molar-refractivity contribution in [3.8, 4) is 5.88 Å². The lowest BCUT2D eigenvalue weighted by Crippen LogP contribution is -1.94. The van der Waals surface area contributed by atoms with Crippen LogP contribution in [0, 0.1) is 0 Å². The molecule has 13 heavy (non-hydrogen) atoms. The van der Waals surface area contributed by atoms with Crippen molar-refractivity contribution in [1.29, 1.82) is 0 Å². The number of para-hydroxylation sites is 1. The molecule has 1 aromatic heterocycles. The second-order valence-electron chi connectivity index (χ2n) is 2.88. The summed E-state index contributed by atoms with van der Waals surface area (Å²) in [5, 5.41) is 5.35. The van der Waals surface area contributed by atoms with Gasteiger partial charge in [0, 0.05) is 7.05 Å². The number of hydrogen-bond acceptors (Lipinski definition) is 2. The molecule has 1 heterocycles. The van der Waals surface area contributed by atoms with Gasteiger partial charge in [0.25, 0.3) is 0 Å². The smallest absolute Gasteiger partial charge is 0.240 e. The summed E-state index contributed by atoms with van der Waals surface area (Å²) in [5.41, 5.74) is 1.10. The van der Waals surface area contributed by atoms with Gasteiger partial charge < -0.3 is 4.74 Å². The van der Waals surface area contributed by atoms with Crippen LogP contribution < -0.4 is 4.74 Å². The first-order chi connectivity index (χ1) is 6.33. The first-order valence-corrected chi connectivity index (χ1v) is 4.37. The van der Waals surface area contributed by atoms with E-state index in [1.54, 1.807) is 0 Å². The summed E-state index contributed by atoms with van der Waals surface area (Å²) in [7, 11) is 1.92. The van der Waals surface area contributed by atoms with Crippen LogP contribution in [0.3, 0.4) is 0 Å². The van der Waals surface area contributed by atoms with Crippen molar-refractivity contribution in [3.05, 3.63) is 24.3 Å². The Kier molecular flexibility index (Phi) is 1.93. The number of nitrogens with zero attached hydrogens (tertiary/aromatic N) is 2. The van der Waals surface area contributed by atoms with Crippen molar-refractivity contribution in [2.75, 3.05) is 6.61 Å². The van der Waals surface area contributed by atoms with Crippen LogP contribution in [-0.2, 0) is 7.05 Å². The second kappa shape index (κ2) is 3.09. The zero-order valence-electron chi connectivity index (χ0n) is 7.82. The van der Waals surface area contributed by atoms with E-state index in [0.717, 1.165) is 16.8 Å². The molecule has 0 N–H and O–H groups in total. The summed E-state index contributed by atoms with van der Waals surface area (Å²) in [4.78, 5) is 0. The number of aryl methyl sites for hydroxylation is 1. The molecule has 0 spiro atoms. The van der Waals surface area contributed by atoms with Crippen molar-refractivity contribution < 1.29 is 4.74 Å². The molecule has 2 aromatic rings. The molecule has 0 amide bonds. The van der Waals surface area contributed by atoms with Gasteiger partial charge in [0.05, 0.1) is 17.5 Å². The molecule has 0 fully saturated rings. The largest absolute Gasteiger partial charge is 0.476 e. The number of fused-ring (bicyclic) bond motifs is 1. The van der Waals surface area contributed by atoms with Crippen LogP contribution >= 0.6 is 0 Å². The predicted molar refractivity (Wildman–Crippen MR) is 51.9 cm³/mol. The fourth-order valence-electron chi connectivity index (χ4n) is 1.42. The molecule has 0 saturated heterocycles. The molecule has 3 heteroatoms. The van der Waals surface area contributed by atoms with Crippen molar-refractivity contribution >= 4 is 10.9 Å². The summed E-state index contributed by atoms with van der Waals surface area (Å²) < 4.78 is 7.24. The molecule has 0 saturated carbocycles.